The number of likely N-dealkylation sites (tertiary alicyclic amines) is 1. The van der Waals surface area contributed by atoms with E-state index in [0.717, 1.165) is 32.4 Å². The summed E-state index contributed by atoms with van der Waals surface area (Å²) in [4.78, 5) is 13.6. The van der Waals surface area contributed by atoms with Crippen LogP contribution >= 0.6 is 0 Å². The lowest BCUT2D eigenvalue weighted by molar-refractivity contribution is -0.129. The van der Waals surface area contributed by atoms with Gasteiger partial charge >= 0.3 is 0 Å². The van der Waals surface area contributed by atoms with Gasteiger partial charge in [0.15, 0.2) is 0 Å². The van der Waals surface area contributed by atoms with E-state index in [1.165, 1.54) is 0 Å². The highest BCUT2D eigenvalue weighted by atomic mass is 16.2. The maximum absolute atomic E-state index is 11.7. The van der Waals surface area contributed by atoms with E-state index in [1.807, 2.05) is 4.90 Å². The molecule has 1 amide bonds. The van der Waals surface area contributed by atoms with Crippen molar-refractivity contribution >= 4 is 5.91 Å². The summed E-state index contributed by atoms with van der Waals surface area (Å²) >= 11 is 0. The molecule has 1 N–H and O–H groups in total. The van der Waals surface area contributed by atoms with Crippen molar-refractivity contribution in [1.29, 1.82) is 0 Å². The Morgan fingerprint density at radius 3 is 2.73 bits per heavy atom. The van der Waals surface area contributed by atoms with Crippen LogP contribution in [-0.4, -0.2) is 36.5 Å². The number of nitrogens with one attached hydrogen (secondary N) is 1. The molecule has 1 heterocycles. The van der Waals surface area contributed by atoms with Gasteiger partial charge in [-0.3, -0.25) is 4.79 Å². The highest BCUT2D eigenvalue weighted by Gasteiger charge is 2.18. The molecular formula is C12H20N2O. The third-order valence-corrected chi connectivity index (χ3v) is 2.86. The average Bonchev–Trinajstić information content (AvgIpc) is 2.77. The predicted octanol–water partition coefficient (Wildman–Crippen LogP) is 1.00. The van der Waals surface area contributed by atoms with Crippen molar-refractivity contribution in [3.8, 4) is 12.3 Å². The van der Waals surface area contributed by atoms with Gasteiger partial charge in [-0.2, -0.15) is 0 Å². The highest BCUT2D eigenvalue weighted by Crippen LogP contribution is 2.07. The summed E-state index contributed by atoms with van der Waals surface area (Å²) in [6, 6.07) is 0.279. The molecule has 0 saturated carbocycles. The molecule has 0 spiro atoms. The Kier molecular flexibility index (Phi) is 5.20. The van der Waals surface area contributed by atoms with Crippen LogP contribution < -0.4 is 5.32 Å². The van der Waals surface area contributed by atoms with Crippen LogP contribution in [0.5, 0.6) is 0 Å². The molecule has 3 nitrogen and oxygen atoms in total. The van der Waals surface area contributed by atoms with E-state index < -0.39 is 0 Å². The smallest absolute Gasteiger partial charge is 0.236 e. The van der Waals surface area contributed by atoms with Crippen LogP contribution in [0.15, 0.2) is 0 Å². The van der Waals surface area contributed by atoms with Crippen LogP contribution in [0.1, 0.15) is 32.6 Å². The second-order valence-electron chi connectivity index (χ2n) is 3.98. The first-order valence-electron chi connectivity index (χ1n) is 5.72. The fourth-order valence-electron chi connectivity index (χ4n) is 1.81. The molecule has 1 saturated heterocycles. The number of nitrogens with zero attached hydrogens (tertiary/aromatic N) is 1. The largest absolute Gasteiger partial charge is 0.342 e. The normalized spacial score (nSPS) is 17.5. The van der Waals surface area contributed by atoms with Crippen molar-refractivity contribution in [1.82, 2.24) is 10.2 Å². The molecule has 1 rings (SSSR count). The zero-order valence-electron chi connectivity index (χ0n) is 9.46. The summed E-state index contributed by atoms with van der Waals surface area (Å²) < 4.78 is 0. The highest BCUT2D eigenvalue weighted by molar-refractivity contribution is 5.78. The van der Waals surface area contributed by atoms with E-state index >= 15 is 0 Å². The van der Waals surface area contributed by atoms with E-state index in [1.54, 1.807) is 0 Å². The van der Waals surface area contributed by atoms with Crippen molar-refractivity contribution in [2.75, 3.05) is 19.6 Å². The van der Waals surface area contributed by atoms with E-state index in [4.69, 9.17) is 6.42 Å². The lowest BCUT2D eigenvalue weighted by atomic mass is 10.1. The van der Waals surface area contributed by atoms with Crippen LogP contribution in [0, 0.1) is 12.3 Å². The Morgan fingerprint density at radius 1 is 1.53 bits per heavy atom. The number of amides is 1. The summed E-state index contributed by atoms with van der Waals surface area (Å²) in [6.07, 6.45) is 9.21. The molecule has 0 aromatic carbocycles. The van der Waals surface area contributed by atoms with Gasteiger partial charge in [0, 0.05) is 25.6 Å². The molecule has 1 atom stereocenters. The number of terminal acetylenes is 1. The van der Waals surface area contributed by atoms with E-state index in [9.17, 15) is 4.79 Å². The van der Waals surface area contributed by atoms with Gasteiger partial charge in [0.1, 0.15) is 0 Å². The monoisotopic (exact) mass is 208 g/mol. The molecule has 84 valence electrons. The fraction of sp³-hybridized carbons (Fsp3) is 0.750. The number of carbonyl (C=O) groups is 1. The van der Waals surface area contributed by atoms with Gasteiger partial charge in [-0.1, -0.05) is 6.92 Å². The van der Waals surface area contributed by atoms with Crippen molar-refractivity contribution in [3.05, 3.63) is 0 Å². The van der Waals surface area contributed by atoms with Gasteiger partial charge < -0.3 is 10.2 Å². The van der Waals surface area contributed by atoms with Gasteiger partial charge in [0.25, 0.3) is 0 Å². The van der Waals surface area contributed by atoms with Gasteiger partial charge in [-0.25, -0.2) is 0 Å². The molecule has 1 aliphatic rings. The van der Waals surface area contributed by atoms with E-state index in [2.05, 4.69) is 18.2 Å². The van der Waals surface area contributed by atoms with Gasteiger partial charge in [0.05, 0.1) is 6.54 Å². The molecule has 0 radical (unpaired) electrons. The number of rotatable bonds is 5. The van der Waals surface area contributed by atoms with Crippen molar-refractivity contribution in [3.63, 3.8) is 0 Å². The number of hydrogen-bond donors (Lipinski definition) is 1. The molecule has 0 aliphatic carbocycles. The summed E-state index contributed by atoms with van der Waals surface area (Å²) in [5.41, 5.74) is 0. The van der Waals surface area contributed by atoms with Gasteiger partial charge in [-0.15, -0.1) is 12.3 Å². The SMILES string of the molecule is C#CCC(CC)NCC(=O)N1CCCC1. The third-order valence-electron chi connectivity index (χ3n) is 2.86. The van der Waals surface area contributed by atoms with Crippen molar-refractivity contribution in [2.24, 2.45) is 0 Å². The minimum Gasteiger partial charge on any atom is -0.342 e. The molecule has 1 fully saturated rings. The molecule has 3 heteroatoms. The molecule has 0 aromatic heterocycles. The first kappa shape index (κ1) is 12.1. The van der Waals surface area contributed by atoms with Gasteiger partial charge in [-0.05, 0) is 19.3 Å². The topological polar surface area (TPSA) is 32.3 Å². The van der Waals surface area contributed by atoms with Crippen LogP contribution in [0.2, 0.25) is 0 Å². The van der Waals surface area contributed by atoms with E-state index in [0.29, 0.717) is 13.0 Å². The van der Waals surface area contributed by atoms with Crippen molar-refractivity contribution < 1.29 is 4.79 Å². The summed E-state index contributed by atoms with van der Waals surface area (Å²) in [7, 11) is 0. The molecule has 15 heavy (non-hydrogen) atoms. The minimum atomic E-state index is 0.211. The summed E-state index contributed by atoms with van der Waals surface area (Å²) in [5, 5.41) is 3.21. The van der Waals surface area contributed by atoms with Crippen molar-refractivity contribution in [2.45, 2.75) is 38.6 Å². The zero-order valence-corrected chi connectivity index (χ0v) is 9.46. The first-order valence-corrected chi connectivity index (χ1v) is 5.72. The molecule has 0 aromatic rings. The fourth-order valence-corrected chi connectivity index (χ4v) is 1.81. The molecule has 1 aliphatic heterocycles. The molecule has 0 bridgehead atoms. The maximum atomic E-state index is 11.7. The average molecular weight is 208 g/mol. The quantitative estimate of drug-likeness (QED) is 0.684. The second kappa shape index (κ2) is 6.47. The Morgan fingerprint density at radius 2 is 2.20 bits per heavy atom. The second-order valence-corrected chi connectivity index (χ2v) is 3.98. The standard InChI is InChI=1S/C12H20N2O/c1-3-7-11(4-2)13-10-12(15)14-8-5-6-9-14/h1,11,13H,4-10H2,2H3. The third kappa shape index (κ3) is 3.93. The Hall–Kier alpha value is -1.01. The summed E-state index contributed by atoms with van der Waals surface area (Å²) in [6.45, 7) is 4.36. The Labute approximate surface area is 92.2 Å². The number of hydrogen-bond acceptors (Lipinski definition) is 2. The van der Waals surface area contributed by atoms with Gasteiger partial charge in [0.2, 0.25) is 5.91 Å². The Balaban J connectivity index is 2.23. The minimum absolute atomic E-state index is 0.211. The van der Waals surface area contributed by atoms with Crippen LogP contribution in [-0.2, 0) is 4.79 Å². The Bertz CT molecular complexity index is 238. The van der Waals surface area contributed by atoms with E-state index in [-0.39, 0.29) is 11.9 Å². The van der Waals surface area contributed by atoms with Crippen LogP contribution in [0.4, 0.5) is 0 Å². The van der Waals surface area contributed by atoms with Crippen LogP contribution in [0.3, 0.4) is 0 Å². The van der Waals surface area contributed by atoms with Crippen LogP contribution in [0.25, 0.3) is 0 Å². The molecular weight excluding hydrogens is 188 g/mol. The first-order chi connectivity index (χ1) is 7.27. The number of carbonyl (C=O) groups excluding carboxylic acids is 1. The lowest BCUT2D eigenvalue weighted by Crippen LogP contribution is -2.40. The predicted molar refractivity (Wildman–Crippen MR) is 61.3 cm³/mol. The molecule has 1 unspecified atom stereocenters. The maximum Gasteiger partial charge on any atom is 0.236 e. The lowest BCUT2D eigenvalue weighted by Gasteiger charge is -2.18. The summed E-state index contributed by atoms with van der Waals surface area (Å²) in [5.74, 6) is 2.84. The zero-order chi connectivity index (χ0) is 11.1.